The molecule has 2 aromatic heterocycles. The number of aromatic amines is 1. The number of nitrogens with one attached hydrogen (secondary N) is 1. The molecular formula is C18H19ClF3N5O3. The Kier molecular flexibility index (Phi) is 6.20. The molecule has 1 unspecified atom stereocenters. The summed E-state index contributed by atoms with van der Waals surface area (Å²) in [6.45, 7) is 4.90. The minimum Gasteiger partial charge on any atom is -0.409 e. The topological polar surface area (TPSA) is 91.4 Å². The molecular weight excluding hydrogens is 427 g/mol. The molecule has 1 aliphatic rings. The smallest absolute Gasteiger partial charge is 0.409 e. The molecule has 12 heteroatoms. The van der Waals surface area contributed by atoms with Crippen LogP contribution in [0.2, 0.25) is 5.02 Å². The van der Waals surface area contributed by atoms with E-state index in [2.05, 4.69) is 9.97 Å². The van der Waals surface area contributed by atoms with Crippen molar-refractivity contribution in [2.75, 3.05) is 24.5 Å². The first-order chi connectivity index (χ1) is 14.1. The van der Waals surface area contributed by atoms with E-state index in [1.165, 1.54) is 17.3 Å². The maximum atomic E-state index is 12.9. The third kappa shape index (κ3) is 4.84. The van der Waals surface area contributed by atoms with Gasteiger partial charge >= 0.3 is 12.3 Å². The van der Waals surface area contributed by atoms with Crippen LogP contribution in [0.1, 0.15) is 19.4 Å². The summed E-state index contributed by atoms with van der Waals surface area (Å²) in [5.41, 5.74) is -2.74. The Bertz CT molecular complexity index is 965. The van der Waals surface area contributed by atoms with Gasteiger partial charge in [-0.1, -0.05) is 25.4 Å². The first-order valence-corrected chi connectivity index (χ1v) is 9.45. The molecule has 0 spiro atoms. The Morgan fingerprint density at radius 2 is 1.97 bits per heavy atom. The van der Waals surface area contributed by atoms with Crippen molar-refractivity contribution >= 4 is 23.6 Å². The number of ether oxygens (including phenoxy) is 1. The molecule has 1 amide bonds. The monoisotopic (exact) mass is 445 g/mol. The molecule has 0 aromatic carbocycles. The van der Waals surface area contributed by atoms with Gasteiger partial charge in [0.1, 0.15) is 11.3 Å². The van der Waals surface area contributed by atoms with E-state index in [9.17, 15) is 22.8 Å². The van der Waals surface area contributed by atoms with Gasteiger partial charge in [0.2, 0.25) is 5.95 Å². The summed E-state index contributed by atoms with van der Waals surface area (Å²) in [6, 6.07) is 0.217. The second-order valence-corrected chi connectivity index (χ2v) is 7.53. The molecule has 8 nitrogen and oxygen atoms in total. The van der Waals surface area contributed by atoms with Crippen molar-refractivity contribution in [1.82, 2.24) is 19.9 Å². The van der Waals surface area contributed by atoms with Crippen LogP contribution in [-0.4, -0.2) is 51.6 Å². The van der Waals surface area contributed by atoms with E-state index in [1.807, 2.05) is 23.7 Å². The van der Waals surface area contributed by atoms with Crippen LogP contribution < -0.4 is 15.2 Å². The summed E-state index contributed by atoms with van der Waals surface area (Å²) in [7, 11) is 0. The quantitative estimate of drug-likeness (QED) is 0.780. The van der Waals surface area contributed by atoms with Gasteiger partial charge in [-0.2, -0.15) is 13.2 Å². The number of alkyl halides is 3. The number of hydrogen-bond acceptors (Lipinski definition) is 6. The number of rotatable bonds is 3. The second kappa shape index (κ2) is 8.50. The van der Waals surface area contributed by atoms with Crippen molar-refractivity contribution in [3.63, 3.8) is 0 Å². The highest BCUT2D eigenvalue weighted by atomic mass is 35.5. The van der Waals surface area contributed by atoms with Crippen LogP contribution >= 0.6 is 11.6 Å². The summed E-state index contributed by atoms with van der Waals surface area (Å²) in [4.78, 5) is 37.7. The number of piperazine rings is 1. The second-order valence-electron chi connectivity index (χ2n) is 7.10. The van der Waals surface area contributed by atoms with Crippen molar-refractivity contribution in [2.45, 2.75) is 26.1 Å². The molecule has 3 heterocycles. The molecule has 1 aliphatic heterocycles. The molecule has 1 saturated heterocycles. The van der Waals surface area contributed by atoms with Gasteiger partial charge in [0.25, 0.3) is 5.56 Å². The molecule has 0 radical (unpaired) electrons. The number of pyridine rings is 1. The fraction of sp³-hybridized carbons (Fsp3) is 0.444. The van der Waals surface area contributed by atoms with E-state index in [0.29, 0.717) is 30.1 Å². The lowest BCUT2D eigenvalue weighted by molar-refractivity contribution is -0.138. The van der Waals surface area contributed by atoms with Crippen molar-refractivity contribution < 1.29 is 22.7 Å². The molecule has 162 valence electrons. The van der Waals surface area contributed by atoms with Crippen LogP contribution in [0.3, 0.4) is 0 Å². The average Bonchev–Trinajstić information content (AvgIpc) is 2.68. The first-order valence-electron chi connectivity index (χ1n) is 9.07. The Morgan fingerprint density at radius 3 is 2.57 bits per heavy atom. The summed E-state index contributed by atoms with van der Waals surface area (Å²) < 4.78 is 43.9. The number of carbonyl (C=O) groups excluding carboxylic acids is 1. The highest BCUT2D eigenvalue weighted by Crippen LogP contribution is 2.29. The minimum absolute atomic E-state index is 0.0222. The molecule has 0 bridgehead atoms. The van der Waals surface area contributed by atoms with Crippen molar-refractivity contribution in [3.8, 4) is 5.75 Å². The molecule has 0 saturated carbocycles. The standard InChI is InChI=1S/C18H19ClF3N5O3/c1-10(2)14-9-26(16-24-6-11(19)7-25-16)3-4-27(14)17(29)30-12-5-13(18(20,21)22)15(28)23-8-12/h5-8,10,14H,3-4,9H2,1-2H3,(H,23,28). The molecule has 2 aromatic rings. The number of hydrogen-bond donors (Lipinski definition) is 1. The van der Waals surface area contributed by atoms with Crippen molar-refractivity contribution in [1.29, 1.82) is 0 Å². The van der Waals surface area contributed by atoms with E-state index in [4.69, 9.17) is 16.3 Å². The molecule has 3 rings (SSSR count). The number of aromatic nitrogens is 3. The van der Waals surface area contributed by atoms with Crippen LogP contribution in [0.5, 0.6) is 5.75 Å². The van der Waals surface area contributed by atoms with Crippen LogP contribution in [0.15, 0.2) is 29.5 Å². The lowest BCUT2D eigenvalue weighted by atomic mass is 10.0. The summed E-state index contributed by atoms with van der Waals surface area (Å²) in [5.74, 6) is 0.0976. The Labute approximate surface area is 174 Å². The van der Waals surface area contributed by atoms with Gasteiger partial charge in [-0.3, -0.25) is 4.79 Å². The molecule has 1 atom stereocenters. The minimum atomic E-state index is -4.86. The summed E-state index contributed by atoms with van der Waals surface area (Å²) >= 11 is 5.82. The van der Waals surface area contributed by atoms with E-state index >= 15 is 0 Å². The van der Waals surface area contributed by atoms with E-state index < -0.39 is 29.1 Å². The molecule has 1 N–H and O–H groups in total. The zero-order valence-corrected chi connectivity index (χ0v) is 16.9. The van der Waals surface area contributed by atoms with E-state index in [1.54, 1.807) is 0 Å². The van der Waals surface area contributed by atoms with E-state index in [-0.39, 0.29) is 18.5 Å². The summed E-state index contributed by atoms with van der Waals surface area (Å²) in [5, 5.41) is 0.403. The van der Waals surface area contributed by atoms with Gasteiger partial charge in [0.15, 0.2) is 0 Å². The lowest BCUT2D eigenvalue weighted by Gasteiger charge is -2.42. The van der Waals surface area contributed by atoms with Gasteiger partial charge in [0, 0.05) is 31.9 Å². The normalized spacial score (nSPS) is 17.4. The number of amides is 1. The predicted molar refractivity (Wildman–Crippen MR) is 103 cm³/mol. The lowest BCUT2D eigenvalue weighted by Crippen LogP contribution is -2.58. The Hall–Kier alpha value is -2.82. The fourth-order valence-electron chi connectivity index (χ4n) is 3.15. The van der Waals surface area contributed by atoms with Crippen LogP contribution in [0, 0.1) is 5.92 Å². The van der Waals surface area contributed by atoms with Crippen LogP contribution in [0.4, 0.5) is 23.9 Å². The maximum Gasteiger partial charge on any atom is 0.421 e. The molecule has 0 aliphatic carbocycles. The maximum absolute atomic E-state index is 12.9. The predicted octanol–water partition coefficient (Wildman–Crippen LogP) is 3.18. The first kappa shape index (κ1) is 21.9. The number of halogens is 4. The SMILES string of the molecule is CC(C)C1CN(c2ncc(Cl)cn2)CCN1C(=O)Oc1c[nH]c(=O)c(C(F)(F)F)c1. The number of anilines is 1. The number of H-pyrrole nitrogens is 1. The van der Waals surface area contributed by atoms with Crippen molar-refractivity contribution in [2.24, 2.45) is 5.92 Å². The fourth-order valence-corrected chi connectivity index (χ4v) is 3.25. The average molecular weight is 446 g/mol. The zero-order chi connectivity index (χ0) is 22.1. The number of carbonyl (C=O) groups is 1. The third-order valence-electron chi connectivity index (χ3n) is 4.70. The Balaban J connectivity index is 1.76. The van der Waals surface area contributed by atoms with Gasteiger partial charge in [-0.05, 0) is 5.92 Å². The summed E-state index contributed by atoms with van der Waals surface area (Å²) in [6.07, 6.45) is -1.78. The largest absolute Gasteiger partial charge is 0.421 e. The van der Waals surface area contributed by atoms with Crippen LogP contribution in [-0.2, 0) is 6.18 Å². The molecule has 30 heavy (non-hydrogen) atoms. The van der Waals surface area contributed by atoms with Gasteiger partial charge in [-0.25, -0.2) is 14.8 Å². The highest BCUT2D eigenvalue weighted by molar-refractivity contribution is 6.30. The Morgan fingerprint density at radius 1 is 1.30 bits per heavy atom. The third-order valence-corrected chi connectivity index (χ3v) is 4.89. The van der Waals surface area contributed by atoms with Gasteiger partial charge in [-0.15, -0.1) is 0 Å². The van der Waals surface area contributed by atoms with Gasteiger partial charge in [0.05, 0.1) is 23.5 Å². The van der Waals surface area contributed by atoms with Gasteiger partial charge < -0.3 is 19.5 Å². The highest BCUT2D eigenvalue weighted by Gasteiger charge is 2.36. The molecule has 1 fully saturated rings. The zero-order valence-electron chi connectivity index (χ0n) is 16.1. The number of nitrogens with zero attached hydrogens (tertiary/aromatic N) is 4. The van der Waals surface area contributed by atoms with E-state index in [0.717, 1.165) is 6.20 Å². The van der Waals surface area contributed by atoms with Crippen LogP contribution in [0.25, 0.3) is 0 Å². The van der Waals surface area contributed by atoms with Crippen molar-refractivity contribution in [3.05, 3.63) is 45.6 Å².